The van der Waals surface area contributed by atoms with Gasteiger partial charge in [0.1, 0.15) is 5.75 Å². The number of aromatic nitrogens is 2. The maximum Gasteiger partial charge on any atom is 0.294 e. The molecule has 1 aromatic heterocycles. The summed E-state index contributed by atoms with van der Waals surface area (Å²) in [7, 11) is -14.1. The Kier molecular flexibility index (Phi) is 6.50. The maximum atomic E-state index is 11.9. The van der Waals surface area contributed by atoms with E-state index in [2.05, 4.69) is 15.3 Å². The van der Waals surface area contributed by atoms with Crippen LogP contribution in [0.15, 0.2) is 73.4 Å². The molecule has 0 saturated heterocycles. The fraction of sp³-hybridized carbons (Fsp3) is 0.0500. The SMILES string of the molecule is Cc1nn(-c2cc(S(=O)(=O)O)cc3cc(S(=O)(=O)O)cc(O)c23)c(O)c1/N=N/c1ccc(S(=O)(=O)O)cc1. The Morgan fingerprint density at radius 3 is 1.79 bits per heavy atom. The number of phenolic OH excluding ortho intramolecular Hbond substituents is 1. The standard InChI is InChI=1S/C20H16N4O11S3/c1-10-19(22-21-12-2-4-13(5-3-12)36(27,28)29)20(26)24(23-10)16-8-14(37(30,31)32)6-11-7-15(38(33,34)35)9-17(25)18(11)16/h2-9,25-26H,1H3,(H,27,28,29)(H,30,31,32)(H,33,34,35)/b22-21+. The molecule has 0 amide bonds. The van der Waals surface area contributed by atoms with Crippen LogP contribution in [0, 0.1) is 6.92 Å². The van der Waals surface area contributed by atoms with Gasteiger partial charge in [0.05, 0.1) is 31.8 Å². The Morgan fingerprint density at radius 2 is 1.26 bits per heavy atom. The van der Waals surface area contributed by atoms with E-state index in [0.717, 1.165) is 35.0 Å². The summed E-state index contributed by atoms with van der Waals surface area (Å²) in [5.74, 6) is -1.44. The number of aromatic hydroxyl groups is 2. The van der Waals surface area contributed by atoms with Gasteiger partial charge in [0.25, 0.3) is 30.4 Å². The summed E-state index contributed by atoms with van der Waals surface area (Å²) in [5, 5.41) is 32.7. The Labute approximate surface area is 214 Å². The quantitative estimate of drug-likeness (QED) is 0.162. The van der Waals surface area contributed by atoms with Gasteiger partial charge in [-0.3, -0.25) is 13.7 Å². The second kappa shape index (κ2) is 9.11. The van der Waals surface area contributed by atoms with Crippen molar-refractivity contribution in [3.8, 4) is 17.3 Å². The van der Waals surface area contributed by atoms with Gasteiger partial charge in [0.15, 0.2) is 5.69 Å². The van der Waals surface area contributed by atoms with Gasteiger partial charge in [-0.05, 0) is 54.8 Å². The number of hydrogen-bond acceptors (Lipinski definition) is 11. The lowest BCUT2D eigenvalue weighted by Crippen LogP contribution is -2.04. The molecule has 200 valence electrons. The summed E-state index contributed by atoms with van der Waals surface area (Å²) in [4.78, 5) is -1.90. The molecule has 0 fully saturated rings. The van der Waals surface area contributed by atoms with Gasteiger partial charge in [-0.1, -0.05) is 0 Å². The molecular weight excluding hydrogens is 568 g/mol. The van der Waals surface area contributed by atoms with Crippen LogP contribution in [-0.2, 0) is 30.4 Å². The van der Waals surface area contributed by atoms with Crippen molar-refractivity contribution in [2.75, 3.05) is 0 Å². The molecule has 4 aromatic rings. The lowest BCUT2D eigenvalue weighted by atomic mass is 10.1. The second-order valence-electron chi connectivity index (χ2n) is 7.77. The molecule has 3 aromatic carbocycles. The van der Waals surface area contributed by atoms with E-state index in [1.807, 2.05) is 0 Å². The average molecular weight is 585 g/mol. The van der Waals surface area contributed by atoms with Gasteiger partial charge in [-0.2, -0.15) is 40.1 Å². The van der Waals surface area contributed by atoms with Crippen LogP contribution in [0.3, 0.4) is 0 Å². The molecule has 0 spiro atoms. The molecule has 0 saturated carbocycles. The van der Waals surface area contributed by atoms with Crippen molar-refractivity contribution in [1.82, 2.24) is 9.78 Å². The van der Waals surface area contributed by atoms with Crippen LogP contribution >= 0.6 is 0 Å². The Bertz CT molecular complexity index is 1960. The summed E-state index contributed by atoms with van der Waals surface area (Å²) in [5.41, 5.74) is -0.351. The lowest BCUT2D eigenvalue weighted by molar-refractivity contribution is 0.434. The second-order valence-corrected chi connectivity index (χ2v) is 12.0. The highest BCUT2D eigenvalue weighted by Gasteiger charge is 2.24. The zero-order valence-electron chi connectivity index (χ0n) is 18.8. The van der Waals surface area contributed by atoms with Gasteiger partial charge in [-0.15, -0.1) is 5.11 Å². The number of hydrogen-bond donors (Lipinski definition) is 5. The largest absolute Gasteiger partial charge is 0.507 e. The Balaban J connectivity index is 1.90. The van der Waals surface area contributed by atoms with Crippen molar-refractivity contribution < 1.29 is 49.1 Å². The van der Waals surface area contributed by atoms with E-state index >= 15 is 0 Å². The molecule has 0 atom stereocenters. The monoisotopic (exact) mass is 584 g/mol. The molecule has 0 aliphatic heterocycles. The summed E-state index contributed by atoms with van der Waals surface area (Å²) in [6.45, 7) is 1.40. The van der Waals surface area contributed by atoms with Crippen LogP contribution in [0.5, 0.6) is 11.6 Å². The topological polar surface area (TPSA) is 246 Å². The first-order chi connectivity index (χ1) is 17.5. The first-order valence-electron chi connectivity index (χ1n) is 10.0. The molecular formula is C20H16N4O11S3. The Hall–Kier alpha value is -3.94. The van der Waals surface area contributed by atoms with E-state index in [9.17, 15) is 44.6 Å². The molecule has 0 radical (unpaired) electrons. The van der Waals surface area contributed by atoms with Gasteiger partial charge in [0.2, 0.25) is 5.88 Å². The highest BCUT2D eigenvalue weighted by Crippen LogP contribution is 2.40. The zero-order valence-corrected chi connectivity index (χ0v) is 21.3. The fourth-order valence-electron chi connectivity index (χ4n) is 3.47. The third-order valence-corrected chi connectivity index (χ3v) is 7.71. The number of rotatable bonds is 6. The van der Waals surface area contributed by atoms with Crippen molar-refractivity contribution in [1.29, 1.82) is 0 Å². The number of nitrogens with zero attached hydrogens (tertiary/aromatic N) is 4. The van der Waals surface area contributed by atoms with Gasteiger partial charge in [0, 0.05) is 11.5 Å². The third kappa shape index (κ3) is 5.21. The van der Waals surface area contributed by atoms with E-state index in [-0.39, 0.29) is 38.4 Å². The molecule has 18 heteroatoms. The van der Waals surface area contributed by atoms with E-state index in [1.54, 1.807) is 0 Å². The predicted molar refractivity (Wildman–Crippen MR) is 129 cm³/mol. The van der Waals surface area contributed by atoms with Gasteiger partial charge in [-0.25, -0.2) is 0 Å². The van der Waals surface area contributed by atoms with Crippen molar-refractivity contribution in [3.63, 3.8) is 0 Å². The number of benzene rings is 3. The number of phenols is 1. The molecule has 0 aliphatic rings. The van der Waals surface area contributed by atoms with Gasteiger partial charge < -0.3 is 10.2 Å². The third-order valence-electron chi connectivity index (χ3n) is 5.18. The highest BCUT2D eigenvalue weighted by atomic mass is 32.2. The predicted octanol–water partition coefficient (Wildman–Crippen LogP) is 2.90. The number of fused-ring (bicyclic) bond motifs is 1. The van der Waals surface area contributed by atoms with Crippen molar-refractivity contribution in [2.24, 2.45) is 10.2 Å². The van der Waals surface area contributed by atoms with Crippen molar-refractivity contribution >= 4 is 52.5 Å². The number of aryl methyl sites for hydroxylation is 1. The summed E-state index contributed by atoms with van der Waals surface area (Å²) in [6, 6.07) is 7.80. The van der Waals surface area contributed by atoms with Crippen LogP contribution < -0.4 is 0 Å². The highest BCUT2D eigenvalue weighted by molar-refractivity contribution is 7.86. The minimum absolute atomic E-state index is 0.0558. The molecule has 15 nitrogen and oxygen atoms in total. The fourth-order valence-corrected chi connectivity index (χ4v) is 5.02. The average Bonchev–Trinajstić information content (AvgIpc) is 3.08. The van der Waals surface area contributed by atoms with Crippen LogP contribution in [0.2, 0.25) is 0 Å². The molecule has 5 N–H and O–H groups in total. The smallest absolute Gasteiger partial charge is 0.294 e. The summed E-state index contributed by atoms with van der Waals surface area (Å²) < 4.78 is 98.0. The Morgan fingerprint density at radius 1 is 0.737 bits per heavy atom. The summed E-state index contributed by atoms with van der Waals surface area (Å²) >= 11 is 0. The van der Waals surface area contributed by atoms with E-state index in [4.69, 9.17) is 4.55 Å². The van der Waals surface area contributed by atoms with Crippen LogP contribution in [0.4, 0.5) is 11.4 Å². The lowest BCUT2D eigenvalue weighted by Gasteiger charge is -2.12. The molecule has 0 aliphatic carbocycles. The minimum atomic E-state index is -4.88. The minimum Gasteiger partial charge on any atom is -0.507 e. The molecule has 4 rings (SSSR count). The van der Waals surface area contributed by atoms with E-state index < -0.39 is 51.8 Å². The maximum absolute atomic E-state index is 11.9. The van der Waals surface area contributed by atoms with Crippen molar-refractivity contribution in [3.05, 3.63) is 54.2 Å². The molecule has 0 unspecified atom stereocenters. The first-order valence-corrected chi connectivity index (χ1v) is 14.3. The van der Waals surface area contributed by atoms with Crippen LogP contribution in [0.25, 0.3) is 16.5 Å². The summed E-state index contributed by atoms with van der Waals surface area (Å²) in [6.07, 6.45) is 0. The zero-order chi connectivity index (χ0) is 28.2. The van der Waals surface area contributed by atoms with Crippen LogP contribution in [-0.4, -0.2) is 58.9 Å². The molecule has 38 heavy (non-hydrogen) atoms. The van der Waals surface area contributed by atoms with Crippen molar-refractivity contribution in [2.45, 2.75) is 21.6 Å². The first kappa shape index (κ1) is 27.1. The van der Waals surface area contributed by atoms with Crippen LogP contribution in [0.1, 0.15) is 5.69 Å². The van der Waals surface area contributed by atoms with Gasteiger partial charge >= 0.3 is 0 Å². The molecule has 0 bridgehead atoms. The molecule has 1 heterocycles. The number of azo groups is 1. The normalized spacial score (nSPS) is 12.9. The van der Waals surface area contributed by atoms with E-state index in [0.29, 0.717) is 6.07 Å². The van der Waals surface area contributed by atoms with E-state index in [1.165, 1.54) is 19.1 Å².